The fourth-order valence-corrected chi connectivity index (χ4v) is 2.49. The molecule has 0 amide bonds. The van der Waals surface area contributed by atoms with Crippen LogP contribution in [-0.2, 0) is 20.3 Å². The van der Waals surface area contributed by atoms with Crippen molar-refractivity contribution in [2.45, 2.75) is 46.3 Å². The summed E-state index contributed by atoms with van der Waals surface area (Å²) < 4.78 is 22.3. The van der Waals surface area contributed by atoms with Crippen LogP contribution in [0.25, 0.3) is 0 Å². The summed E-state index contributed by atoms with van der Waals surface area (Å²) in [4.78, 5) is 0. The molecular weight excluding hydrogens is 212 g/mol. The van der Waals surface area contributed by atoms with Crippen molar-refractivity contribution in [1.82, 2.24) is 0 Å². The Morgan fingerprint density at radius 1 is 1.07 bits per heavy atom. The van der Waals surface area contributed by atoms with E-state index in [9.17, 15) is 4.21 Å². The smallest absolute Gasteiger partial charge is 0.158 e. The Morgan fingerprint density at radius 3 is 2.13 bits per heavy atom. The zero-order valence-corrected chi connectivity index (χ0v) is 11.0. The van der Waals surface area contributed by atoms with E-state index in [1.807, 2.05) is 13.8 Å². The first kappa shape index (κ1) is 15.1. The SMILES string of the molecule is CCCCS(=O)CCC(OCC)OCC. The number of ether oxygens (including phenoxy) is 2. The molecule has 0 saturated carbocycles. The minimum absolute atomic E-state index is 0.175. The lowest BCUT2D eigenvalue weighted by Gasteiger charge is -2.16. The van der Waals surface area contributed by atoms with Gasteiger partial charge in [-0.05, 0) is 20.3 Å². The summed E-state index contributed by atoms with van der Waals surface area (Å²) in [6, 6.07) is 0. The molecule has 0 radical (unpaired) electrons. The molecule has 0 aliphatic heterocycles. The van der Waals surface area contributed by atoms with E-state index in [-0.39, 0.29) is 6.29 Å². The van der Waals surface area contributed by atoms with Gasteiger partial charge in [0.05, 0.1) is 0 Å². The van der Waals surface area contributed by atoms with Crippen molar-refractivity contribution in [3.8, 4) is 0 Å². The summed E-state index contributed by atoms with van der Waals surface area (Å²) >= 11 is 0. The zero-order valence-electron chi connectivity index (χ0n) is 10.2. The number of hydrogen-bond acceptors (Lipinski definition) is 3. The molecule has 0 spiro atoms. The molecule has 0 saturated heterocycles. The van der Waals surface area contributed by atoms with Crippen LogP contribution < -0.4 is 0 Å². The van der Waals surface area contributed by atoms with Crippen LogP contribution in [0.2, 0.25) is 0 Å². The molecule has 0 N–H and O–H groups in total. The first-order valence-corrected chi connectivity index (χ1v) is 7.31. The highest BCUT2D eigenvalue weighted by Crippen LogP contribution is 2.03. The molecule has 1 unspecified atom stereocenters. The van der Waals surface area contributed by atoms with E-state index in [1.165, 1.54) is 0 Å². The van der Waals surface area contributed by atoms with Gasteiger partial charge in [0.15, 0.2) is 6.29 Å². The molecule has 92 valence electrons. The van der Waals surface area contributed by atoms with Crippen LogP contribution in [0, 0.1) is 0 Å². The zero-order chi connectivity index (χ0) is 11.5. The van der Waals surface area contributed by atoms with Gasteiger partial charge in [-0.25, -0.2) is 0 Å². The lowest BCUT2D eigenvalue weighted by atomic mass is 10.4. The quantitative estimate of drug-likeness (QED) is 0.546. The average molecular weight is 236 g/mol. The van der Waals surface area contributed by atoms with Crippen LogP contribution in [0.3, 0.4) is 0 Å². The Hall–Kier alpha value is 0.0700. The second kappa shape index (κ2) is 10.6. The van der Waals surface area contributed by atoms with Crippen molar-refractivity contribution < 1.29 is 13.7 Å². The van der Waals surface area contributed by atoms with Gasteiger partial charge < -0.3 is 9.47 Å². The topological polar surface area (TPSA) is 35.5 Å². The van der Waals surface area contributed by atoms with Gasteiger partial charge in [0.2, 0.25) is 0 Å². The first-order valence-electron chi connectivity index (χ1n) is 5.82. The summed E-state index contributed by atoms with van der Waals surface area (Å²) in [5.74, 6) is 1.49. The molecule has 0 aromatic rings. The van der Waals surface area contributed by atoms with Gasteiger partial charge in [0.1, 0.15) is 0 Å². The van der Waals surface area contributed by atoms with Gasteiger partial charge in [-0.3, -0.25) is 4.21 Å². The second-order valence-electron chi connectivity index (χ2n) is 3.33. The van der Waals surface area contributed by atoms with Crippen molar-refractivity contribution in [1.29, 1.82) is 0 Å². The fourth-order valence-electron chi connectivity index (χ4n) is 1.22. The number of rotatable bonds is 10. The van der Waals surface area contributed by atoms with Crippen LogP contribution in [-0.4, -0.2) is 35.2 Å². The van der Waals surface area contributed by atoms with E-state index in [0.717, 1.165) is 25.0 Å². The Bertz CT molecular complexity index is 156. The van der Waals surface area contributed by atoms with E-state index < -0.39 is 10.8 Å². The van der Waals surface area contributed by atoms with Crippen molar-refractivity contribution in [2.75, 3.05) is 24.7 Å². The lowest BCUT2D eigenvalue weighted by molar-refractivity contribution is -0.136. The molecule has 0 aliphatic rings. The van der Waals surface area contributed by atoms with Crippen LogP contribution in [0.1, 0.15) is 40.0 Å². The standard InChI is InChI=1S/C11H24O3S/c1-4-7-9-15(12)10-8-11(13-5-2)14-6-3/h11H,4-10H2,1-3H3. The molecule has 0 aromatic heterocycles. The molecule has 0 heterocycles. The summed E-state index contributed by atoms with van der Waals surface area (Å²) in [6.45, 7) is 7.29. The van der Waals surface area contributed by atoms with Gasteiger partial charge in [-0.15, -0.1) is 0 Å². The number of hydrogen-bond donors (Lipinski definition) is 0. The van der Waals surface area contributed by atoms with Crippen molar-refractivity contribution in [2.24, 2.45) is 0 Å². The Balaban J connectivity index is 3.62. The molecule has 1 atom stereocenters. The van der Waals surface area contributed by atoms with Gasteiger partial charge >= 0.3 is 0 Å². The Labute approximate surface area is 96.0 Å². The normalized spacial score (nSPS) is 13.3. The maximum Gasteiger partial charge on any atom is 0.158 e. The Kier molecular flexibility index (Phi) is 10.6. The maximum atomic E-state index is 11.5. The van der Waals surface area contributed by atoms with E-state index in [4.69, 9.17) is 9.47 Å². The minimum atomic E-state index is -0.708. The average Bonchev–Trinajstić information content (AvgIpc) is 2.23. The highest BCUT2D eigenvalue weighted by Gasteiger charge is 2.09. The lowest BCUT2D eigenvalue weighted by Crippen LogP contribution is -2.20. The van der Waals surface area contributed by atoms with Crippen LogP contribution in [0.5, 0.6) is 0 Å². The van der Waals surface area contributed by atoms with Gasteiger partial charge in [-0.2, -0.15) is 0 Å². The summed E-state index contributed by atoms with van der Waals surface area (Å²) in [6.07, 6.45) is 2.70. The van der Waals surface area contributed by atoms with Crippen LogP contribution in [0.4, 0.5) is 0 Å². The third-order valence-electron chi connectivity index (χ3n) is 2.01. The van der Waals surface area contributed by atoms with Gasteiger partial charge in [-0.1, -0.05) is 13.3 Å². The van der Waals surface area contributed by atoms with Crippen molar-refractivity contribution in [3.05, 3.63) is 0 Å². The Morgan fingerprint density at radius 2 is 1.67 bits per heavy atom. The van der Waals surface area contributed by atoms with E-state index in [2.05, 4.69) is 6.92 Å². The van der Waals surface area contributed by atoms with Crippen molar-refractivity contribution >= 4 is 10.8 Å². The van der Waals surface area contributed by atoms with Crippen LogP contribution >= 0.6 is 0 Å². The van der Waals surface area contributed by atoms with Crippen molar-refractivity contribution in [3.63, 3.8) is 0 Å². The molecule has 0 bridgehead atoms. The predicted molar refractivity (Wildman–Crippen MR) is 64.4 cm³/mol. The third-order valence-corrected chi connectivity index (χ3v) is 3.45. The molecule has 0 fully saturated rings. The second-order valence-corrected chi connectivity index (χ2v) is 5.03. The minimum Gasteiger partial charge on any atom is -0.353 e. The predicted octanol–water partition coefficient (Wildman–Crippen LogP) is 2.32. The van der Waals surface area contributed by atoms with Gasteiger partial charge in [0.25, 0.3) is 0 Å². The summed E-state index contributed by atoms with van der Waals surface area (Å²) in [5, 5.41) is 0. The highest BCUT2D eigenvalue weighted by atomic mass is 32.2. The monoisotopic (exact) mass is 236 g/mol. The number of unbranched alkanes of at least 4 members (excludes halogenated alkanes) is 1. The molecular formula is C11H24O3S. The molecule has 0 rings (SSSR count). The maximum absolute atomic E-state index is 11.5. The largest absolute Gasteiger partial charge is 0.353 e. The third kappa shape index (κ3) is 9.03. The van der Waals surface area contributed by atoms with Crippen LogP contribution in [0.15, 0.2) is 0 Å². The molecule has 15 heavy (non-hydrogen) atoms. The van der Waals surface area contributed by atoms with Gasteiger partial charge in [0, 0.05) is 41.9 Å². The molecule has 3 nitrogen and oxygen atoms in total. The molecule has 4 heteroatoms. The van der Waals surface area contributed by atoms with E-state index in [1.54, 1.807) is 0 Å². The summed E-state index contributed by atoms with van der Waals surface area (Å²) in [7, 11) is -0.708. The highest BCUT2D eigenvalue weighted by molar-refractivity contribution is 7.84. The first-order chi connectivity index (χ1) is 7.24. The fraction of sp³-hybridized carbons (Fsp3) is 1.00. The molecule has 0 aliphatic carbocycles. The van der Waals surface area contributed by atoms with E-state index in [0.29, 0.717) is 19.0 Å². The summed E-state index contributed by atoms with van der Waals surface area (Å²) in [5.41, 5.74) is 0. The molecule has 0 aromatic carbocycles. The van der Waals surface area contributed by atoms with E-state index >= 15 is 0 Å².